The highest BCUT2D eigenvalue weighted by Gasteiger charge is 2.72. The van der Waals surface area contributed by atoms with Crippen LogP contribution in [-0.4, -0.2) is 52.6 Å². The molecule has 10 atom stereocenters. The van der Waals surface area contributed by atoms with E-state index < -0.39 is 28.7 Å². The number of aliphatic carboxylic acids is 2. The highest BCUT2D eigenvalue weighted by molar-refractivity contribution is 5.94. The summed E-state index contributed by atoms with van der Waals surface area (Å²) in [6.07, 6.45) is 12.8. The molecule has 5 fully saturated rings. The number of fused-ring (bicyclic) bond motifs is 7. The number of nitrogens with one attached hydrogen (secondary N) is 2. The normalized spacial score (nSPS) is 35.0. The molecule has 61 heavy (non-hydrogen) atoms. The Hall–Kier alpha value is -3.69. The topological polar surface area (TPSA) is 159 Å². The first kappa shape index (κ1) is 46.8. The van der Waals surface area contributed by atoms with E-state index in [1.807, 2.05) is 18.2 Å². The second-order valence-electron chi connectivity index (χ2n) is 22.2. The second-order valence-corrected chi connectivity index (χ2v) is 22.2. The van der Waals surface area contributed by atoms with E-state index in [0.29, 0.717) is 48.7 Å². The molecule has 6 rings (SSSR count). The van der Waals surface area contributed by atoms with Crippen LogP contribution in [0.3, 0.4) is 0 Å². The Morgan fingerprint density at radius 3 is 2.23 bits per heavy atom. The van der Waals surface area contributed by atoms with E-state index in [9.17, 15) is 29.1 Å². The Kier molecular flexibility index (Phi) is 13.4. The summed E-state index contributed by atoms with van der Waals surface area (Å²) >= 11 is 0. The average molecular weight is 845 g/mol. The fraction of sp³-hybridized carbons (Fsp3) is 0.745. The number of benzene rings is 1. The van der Waals surface area contributed by atoms with Crippen LogP contribution >= 0.6 is 0 Å². The van der Waals surface area contributed by atoms with Crippen molar-refractivity contribution in [3.8, 4) is 0 Å². The Labute approximate surface area is 365 Å². The highest BCUT2D eigenvalue weighted by Crippen LogP contribution is 2.77. The van der Waals surface area contributed by atoms with Crippen LogP contribution in [-0.2, 0) is 30.5 Å². The molecular formula is C51H76N2O8. The first-order valence-electron chi connectivity index (χ1n) is 23.5. The number of amides is 2. The molecule has 0 heterocycles. The summed E-state index contributed by atoms with van der Waals surface area (Å²) in [5.41, 5.74) is 0.961. The Morgan fingerprint density at radius 2 is 1.54 bits per heavy atom. The van der Waals surface area contributed by atoms with Crippen molar-refractivity contribution in [2.75, 3.05) is 6.54 Å². The smallest absolute Gasteiger partial charge is 0.309 e. The molecule has 2 amide bonds. The zero-order chi connectivity index (χ0) is 44.8. The predicted octanol–water partition coefficient (Wildman–Crippen LogP) is 10.1. The number of hydrogen-bond acceptors (Lipinski definition) is 6. The van der Waals surface area contributed by atoms with Gasteiger partial charge in [-0.05, 0) is 161 Å². The van der Waals surface area contributed by atoms with E-state index >= 15 is 0 Å². The number of esters is 1. The van der Waals surface area contributed by atoms with Crippen LogP contribution in [0.15, 0.2) is 36.4 Å². The minimum absolute atomic E-state index is 0.0480. The molecule has 0 spiro atoms. The molecule has 0 aliphatic heterocycles. The van der Waals surface area contributed by atoms with Crippen molar-refractivity contribution in [2.45, 2.75) is 171 Å². The van der Waals surface area contributed by atoms with Gasteiger partial charge in [0.1, 0.15) is 6.10 Å². The zero-order valence-corrected chi connectivity index (χ0v) is 38.6. The predicted molar refractivity (Wildman–Crippen MR) is 236 cm³/mol. The van der Waals surface area contributed by atoms with Gasteiger partial charge in [-0.25, -0.2) is 0 Å². The molecule has 5 saturated carbocycles. The molecule has 0 aromatic heterocycles. The van der Waals surface area contributed by atoms with Gasteiger partial charge in [0.05, 0.1) is 17.3 Å². The van der Waals surface area contributed by atoms with Gasteiger partial charge in [0, 0.05) is 30.5 Å². The van der Waals surface area contributed by atoms with Gasteiger partial charge in [-0.1, -0.05) is 71.7 Å². The van der Waals surface area contributed by atoms with E-state index in [2.05, 4.69) is 58.8 Å². The number of allylic oxidation sites excluding steroid dienone is 1. The molecule has 0 saturated heterocycles. The third kappa shape index (κ3) is 8.56. The Balaban J connectivity index is 1.14. The van der Waals surface area contributed by atoms with Gasteiger partial charge < -0.3 is 25.6 Å². The van der Waals surface area contributed by atoms with E-state index in [1.165, 1.54) is 5.57 Å². The van der Waals surface area contributed by atoms with E-state index in [0.717, 1.165) is 89.0 Å². The molecule has 338 valence electrons. The first-order valence-corrected chi connectivity index (χ1v) is 23.5. The zero-order valence-electron chi connectivity index (χ0n) is 38.6. The molecule has 0 bridgehead atoms. The summed E-state index contributed by atoms with van der Waals surface area (Å²) in [5.74, 6) is -0.425. The molecule has 0 unspecified atom stereocenters. The van der Waals surface area contributed by atoms with Crippen molar-refractivity contribution in [3.05, 3.63) is 47.5 Å². The quantitative estimate of drug-likeness (QED) is 0.0727. The van der Waals surface area contributed by atoms with Crippen molar-refractivity contribution < 1.29 is 38.9 Å². The van der Waals surface area contributed by atoms with Gasteiger partial charge >= 0.3 is 17.9 Å². The minimum Gasteiger partial charge on any atom is -0.481 e. The van der Waals surface area contributed by atoms with Crippen molar-refractivity contribution in [1.82, 2.24) is 10.6 Å². The lowest BCUT2D eigenvalue weighted by Gasteiger charge is -2.72. The number of unbranched alkanes of at least 4 members (excludes halogenated alkanes) is 3. The molecule has 4 N–H and O–H groups in total. The lowest BCUT2D eigenvalue weighted by Crippen LogP contribution is -2.67. The standard InChI is InChI=1S/C51H76N2O8/c1-32(2)35-20-25-51(44(58)53-31-33-15-14-16-34(29-33)43(57)52-28-13-11-10-12-17-40(54)55)27-26-49(8)36(42(35)51)18-19-38-48(7)23-22-39(61-41(56)30-46(3,4)45(59)60)47(5,6)37(48)21-24-50(38,49)9/h14-16,29,35-39,42H,1,10-13,17-28,30-31H2,2-9H3,(H,52,57)(H,53,58)(H,54,55)(H,59,60)/t35-,36+,37-,38+,39-,42+,48-,49+,50+,51-/m0/s1. The van der Waals surface area contributed by atoms with Crippen molar-refractivity contribution in [3.63, 3.8) is 0 Å². The van der Waals surface area contributed by atoms with Gasteiger partial charge in [-0.15, -0.1) is 0 Å². The third-order valence-electron chi connectivity index (χ3n) is 18.1. The van der Waals surface area contributed by atoms with E-state index in [4.69, 9.17) is 9.84 Å². The fourth-order valence-corrected chi connectivity index (χ4v) is 14.6. The second kappa shape index (κ2) is 17.5. The van der Waals surface area contributed by atoms with Crippen LogP contribution in [0.2, 0.25) is 0 Å². The molecule has 1 aromatic carbocycles. The summed E-state index contributed by atoms with van der Waals surface area (Å²) in [5, 5.41) is 24.9. The number of carboxylic acid groups (broad SMARTS) is 2. The maximum atomic E-state index is 14.8. The number of rotatable bonds is 16. The highest BCUT2D eigenvalue weighted by atomic mass is 16.5. The lowest BCUT2D eigenvalue weighted by molar-refractivity contribution is -0.249. The molecule has 5 aliphatic carbocycles. The van der Waals surface area contributed by atoms with Gasteiger partial charge in [0.2, 0.25) is 5.91 Å². The van der Waals surface area contributed by atoms with Gasteiger partial charge in [0.15, 0.2) is 0 Å². The fourth-order valence-electron chi connectivity index (χ4n) is 14.6. The minimum atomic E-state index is -1.17. The maximum absolute atomic E-state index is 14.8. The van der Waals surface area contributed by atoms with E-state index in [-0.39, 0.29) is 58.3 Å². The van der Waals surface area contributed by atoms with Gasteiger partial charge in [-0.3, -0.25) is 24.0 Å². The first-order chi connectivity index (χ1) is 28.5. The van der Waals surface area contributed by atoms with Crippen molar-refractivity contribution in [1.29, 1.82) is 0 Å². The van der Waals surface area contributed by atoms with Crippen LogP contribution in [0.5, 0.6) is 0 Å². The van der Waals surface area contributed by atoms with Crippen molar-refractivity contribution in [2.24, 2.45) is 62.1 Å². The molecule has 10 heteroatoms. The summed E-state index contributed by atoms with van der Waals surface area (Å²) in [6, 6.07) is 7.52. The largest absolute Gasteiger partial charge is 0.481 e. The average Bonchev–Trinajstić information content (AvgIpc) is 3.59. The summed E-state index contributed by atoms with van der Waals surface area (Å²) in [4.78, 5) is 63.5. The molecular weight excluding hydrogens is 769 g/mol. The van der Waals surface area contributed by atoms with Crippen LogP contribution in [0.1, 0.15) is 174 Å². The number of ether oxygens (including phenoxy) is 1. The van der Waals surface area contributed by atoms with Crippen molar-refractivity contribution >= 4 is 29.7 Å². The lowest BCUT2D eigenvalue weighted by atomic mass is 9.32. The summed E-state index contributed by atoms with van der Waals surface area (Å²) in [7, 11) is 0. The van der Waals surface area contributed by atoms with E-state index in [1.54, 1.807) is 19.9 Å². The summed E-state index contributed by atoms with van der Waals surface area (Å²) in [6.45, 7) is 23.0. The van der Waals surface area contributed by atoms with Crippen LogP contribution in [0.25, 0.3) is 0 Å². The van der Waals surface area contributed by atoms with Crippen LogP contribution in [0.4, 0.5) is 0 Å². The molecule has 1 aromatic rings. The Morgan fingerprint density at radius 1 is 0.820 bits per heavy atom. The monoisotopic (exact) mass is 845 g/mol. The van der Waals surface area contributed by atoms with Gasteiger partial charge in [-0.2, -0.15) is 0 Å². The van der Waals surface area contributed by atoms with Gasteiger partial charge in [0.25, 0.3) is 5.91 Å². The molecule has 10 nitrogen and oxygen atoms in total. The maximum Gasteiger partial charge on any atom is 0.309 e. The number of hydrogen-bond donors (Lipinski definition) is 4. The third-order valence-corrected chi connectivity index (χ3v) is 18.1. The number of carbonyl (C=O) groups is 5. The van der Waals surface area contributed by atoms with Crippen LogP contribution < -0.4 is 10.6 Å². The SMILES string of the molecule is C=C(C)[C@@H]1CC[C@]2(C(=O)NCc3cccc(C(=O)NCCCCCCC(=O)O)c3)CC[C@]3(C)[C@H](CC[C@@H]4[C@@]5(C)CC[C@H](OC(=O)CC(C)(C)C(=O)O)C(C)(C)[C@@H]5CC[C@]43C)[C@@H]12. The number of carbonyl (C=O) groups excluding carboxylic acids is 3. The Bertz CT molecular complexity index is 1870. The molecule has 0 radical (unpaired) electrons. The summed E-state index contributed by atoms with van der Waals surface area (Å²) < 4.78 is 6.19. The molecule has 5 aliphatic rings. The van der Waals surface area contributed by atoms with Crippen LogP contribution in [0, 0.1) is 62.1 Å². The number of carboxylic acids is 2.